The zero-order valence-electron chi connectivity index (χ0n) is 10.2. The lowest BCUT2D eigenvalue weighted by Gasteiger charge is -2.16. The maximum Gasteiger partial charge on any atom is 0.137 e. The van der Waals surface area contributed by atoms with E-state index in [1.165, 1.54) is 31.4 Å². The zero-order valence-corrected chi connectivity index (χ0v) is 11.7. The Balaban J connectivity index is 2.44. The number of methoxy groups -OCH3 is 1. The van der Waals surface area contributed by atoms with Crippen LogP contribution in [0.25, 0.3) is 0 Å². The molecule has 0 fully saturated rings. The molecule has 0 spiro atoms. The largest absolute Gasteiger partial charge is 0.497 e. The van der Waals surface area contributed by atoms with Crippen molar-refractivity contribution in [3.63, 3.8) is 0 Å². The average Bonchev–Trinajstić information content (AvgIpc) is 2.41. The predicted octanol–water partition coefficient (Wildman–Crippen LogP) is 3.78. The summed E-state index contributed by atoms with van der Waals surface area (Å²) in [6.07, 6.45) is 0. The molecule has 2 rings (SSSR count). The van der Waals surface area contributed by atoms with Gasteiger partial charge in [-0.1, -0.05) is 18.2 Å². The lowest BCUT2D eigenvalue weighted by Crippen LogP contribution is -2.14. The first kappa shape index (κ1) is 14.0. The maximum absolute atomic E-state index is 13.9. The fourth-order valence-corrected chi connectivity index (χ4v) is 2.33. The fourth-order valence-electron chi connectivity index (χ4n) is 1.82. The van der Waals surface area contributed by atoms with Crippen LogP contribution in [0.5, 0.6) is 5.75 Å². The predicted molar refractivity (Wildman–Crippen MR) is 73.1 cm³/mol. The van der Waals surface area contributed by atoms with Crippen LogP contribution in [-0.2, 0) is 0 Å². The molecule has 2 aromatic carbocycles. The van der Waals surface area contributed by atoms with Gasteiger partial charge < -0.3 is 10.5 Å². The van der Waals surface area contributed by atoms with E-state index in [0.717, 1.165) is 0 Å². The van der Waals surface area contributed by atoms with Gasteiger partial charge in [0.05, 0.1) is 17.6 Å². The molecule has 0 aliphatic heterocycles. The molecule has 2 N–H and O–H groups in total. The highest BCUT2D eigenvalue weighted by atomic mass is 79.9. The number of ether oxygens (including phenoxy) is 1. The van der Waals surface area contributed by atoms with E-state index < -0.39 is 17.7 Å². The van der Waals surface area contributed by atoms with Crippen molar-refractivity contribution >= 4 is 15.9 Å². The van der Waals surface area contributed by atoms with Crippen LogP contribution in [0.1, 0.15) is 17.2 Å². The van der Waals surface area contributed by atoms with Gasteiger partial charge in [0.15, 0.2) is 0 Å². The Morgan fingerprint density at radius 1 is 1.11 bits per heavy atom. The van der Waals surface area contributed by atoms with Gasteiger partial charge in [-0.25, -0.2) is 8.78 Å². The molecule has 0 aliphatic carbocycles. The Bertz CT molecular complexity index is 604. The summed E-state index contributed by atoms with van der Waals surface area (Å²) in [4.78, 5) is 0. The molecule has 1 atom stereocenters. The molecule has 100 valence electrons. The number of rotatable bonds is 3. The van der Waals surface area contributed by atoms with Crippen molar-refractivity contribution in [3.8, 4) is 5.75 Å². The van der Waals surface area contributed by atoms with Crippen molar-refractivity contribution in [1.82, 2.24) is 0 Å². The van der Waals surface area contributed by atoms with Crippen LogP contribution in [0.15, 0.2) is 40.9 Å². The summed E-state index contributed by atoms with van der Waals surface area (Å²) in [7, 11) is 1.46. The second-order valence-electron chi connectivity index (χ2n) is 4.01. The smallest absolute Gasteiger partial charge is 0.137 e. The second-order valence-corrected chi connectivity index (χ2v) is 4.80. The van der Waals surface area contributed by atoms with Crippen molar-refractivity contribution in [2.24, 2.45) is 5.73 Å². The summed E-state index contributed by atoms with van der Waals surface area (Å²) in [6, 6.07) is 8.16. The molecule has 0 bridgehead atoms. The number of hydrogen-bond donors (Lipinski definition) is 1. The molecule has 5 heteroatoms. The Morgan fingerprint density at radius 2 is 1.84 bits per heavy atom. The molecule has 0 aromatic heterocycles. The van der Waals surface area contributed by atoms with E-state index in [-0.39, 0.29) is 10.0 Å². The third-order valence-electron chi connectivity index (χ3n) is 2.86. The molecule has 0 aliphatic rings. The third-order valence-corrected chi connectivity index (χ3v) is 3.70. The number of nitrogens with two attached hydrogens (primary N) is 1. The molecular formula is C14H12BrF2NO. The lowest BCUT2D eigenvalue weighted by atomic mass is 9.99. The van der Waals surface area contributed by atoms with E-state index in [1.807, 2.05) is 0 Å². The van der Waals surface area contributed by atoms with Gasteiger partial charge in [0.1, 0.15) is 17.4 Å². The molecule has 0 saturated carbocycles. The Morgan fingerprint density at radius 3 is 2.47 bits per heavy atom. The Hall–Kier alpha value is -1.46. The first-order valence-corrected chi connectivity index (χ1v) is 6.37. The molecule has 0 radical (unpaired) electrons. The van der Waals surface area contributed by atoms with Gasteiger partial charge in [0, 0.05) is 11.6 Å². The maximum atomic E-state index is 13.9. The van der Waals surface area contributed by atoms with Crippen LogP contribution < -0.4 is 10.5 Å². The minimum Gasteiger partial charge on any atom is -0.497 e. The highest BCUT2D eigenvalue weighted by Crippen LogP contribution is 2.31. The molecule has 2 aromatic rings. The first-order valence-electron chi connectivity index (χ1n) is 5.57. The van der Waals surface area contributed by atoms with Gasteiger partial charge in [0.25, 0.3) is 0 Å². The highest BCUT2D eigenvalue weighted by molar-refractivity contribution is 9.10. The Kier molecular flexibility index (Phi) is 4.17. The van der Waals surface area contributed by atoms with Crippen molar-refractivity contribution in [2.75, 3.05) is 7.11 Å². The topological polar surface area (TPSA) is 35.2 Å². The van der Waals surface area contributed by atoms with Gasteiger partial charge in [-0.2, -0.15) is 0 Å². The van der Waals surface area contributed by atoms with E-state index >= 15 is 0 Å². The summed E-state index contributed by atoms with van der Waals surface area (Å²) >= 11 is 3.13. The van der Waals surface area contributed by atoms with Crippen LogP contribution in [0.3, 0.4) is 0 Å². The lowest BCUT2D eigenvalue weighted by molar-refractivity contribution is 0.410. The van der Waals surface area contributed by atoms with Gasteiger partial charge in [-0.05, 0) is 33.6 Å². The van der Waals surface area contributed by atoms with Gasteiger partial charge in [0.2, 0.25) is 0 Å². The minimum atomic E-state index is -0.754. The molecular weight excluding hydrogens is 316 g/mol. The van der Waals surface area contributed by atoms with E-state index in [0.29, 0.717) is 11.3 Å². The first-order chi connectivity index (χ1) is 9.04. The van der Waals surface area contributed by atoms with Crippen LogP contribution in [0.4, 0.5) is 8.78 Å². The summed E-state index contributed by atoms with van der Waals surface area (Å²) in [5.74, 6) is -0.503. The molecule has 0 saturated heterocycles. The molecule has 0 heterocycles. The SMILES string of the molecule is COc1ccc(C(N)c2cccc(F)c2Br)c(F)c1. The van der Waals surface area contributed by atoms with Crippen LogP contribution >= 0.6 is 15.9 Å². The standard InChI is InChI=1S/C14H12BrF2NO/c1-19-8-5-6-9(12(17)7-8)14(18)10-3-2-4-11(16)13(10)15/h2-7,14H,18H2,1H3. The molecule has 0 amide bonds. The summed E-state index contributed by atoms with van der Waals surface area (Å²) in [5, 5.41) is 0. The highest BCUT2D eigenvalue weighted by Gasteiger charge is 2.18. The normalized spacial score (nSPS) is 12.3. The minimum absolute atomic E-state index is 0.248. The molecule has 1 unspecified atom stereocenters. The fraction of sp³-hybridized carbons (Fsp3) is 0.143. The van der Waals surface area contributed by atoms with Crippen molar-refractivity contribution < 1.29 is 13.5 Å². The quantitative estimate of drug-likeness (QED) is 0.931. The van der Waals surface area contributed by atoms with Crippen LogP contribution in [-0.4, -0.2) is 7.11 Å². The number of benzene rings is 2. The van der Waals surface area contributed by atoms with Gasteiger partial charge in [-0.3, -0.25) is 0 Å². The number of hydrogen-bond acceptors (Lipinski definition) is 2. The van der Waals surface area contributed by atoms with Crippen molar-refractivity contribution in [2.45, 2.75) is 6.04 Å². The summed E-state index contributed by atoms with van der Waals surface area (Å²) < 4.78 is 32.6. The van der Waals surface area contributed by atoms with Crippen LogP contribution in [0, 0.1) is 11.6 Å². The molecule has 19 heavy (non-hydrogen) atoms. The van der Waals surface area contributed by atoms with Crippen molar-refractivity contribution in [3.05, 3.63) is 63.6 Å². The van der Waals surface area contributed by atoms with Crippen molar-refractivity contribution in [1.29, 1.82) is 0 Å². The van der Waals surface area contributed by atoms with E-state index in [9.17, 15) is 8.78 Å². The average molecular weight is 328 g/mol. The monoisotopic (exact) mass is 327 g/mol. The molecule has 2 nitrogen and oxygen atoms in total. The van der Waals surface area contributed by atoms with Gasteiger partial charge in [-0.15, -0.1) is 0 Å². The van der Waals surface area contributed by atoms with Gasteiger partial charge >= 0.3 is 0 Å². The zero-order chi connectivity index (χ0) is 14.0. The third kappa shape index (κ3) is 2.77. The van der Waals surface area contributed by atoms with E-state index in [1.54, 1.807) is 12.1 Å². The van der Waals surface area contributed by atoms with Crippen LogP contribution in [0.2, 0.25) is 0 Å². The summed E-state index contributed by atoms with van der Waals surface area (Å²) in [6.45, 7) is 0. The van der Waals surface area contributed by atoms with E-state index in [2.05, 4.69) is 15.9 Å². The number of halogens is 3. The Labute approximate surface area is 118 Å². The van der Waals surface area contributed by atoms with E-state index in [4.69, 9.17) is 10.5 Å². The second kappa shape index (κ2) is 5.67. The summed E-state index contributed by atoms with van der Waals surface area (Å²) in [5.41, 5.74) is 6.78.